The molecule has 0 aliphatic carbocycles. The van der Waals surface area contributed by atoms with Crippen molar-refractivity contribution < 1.29 is 13.2 Å². The Hall–Kier alpha value is -3.18. The van der Waals surface area contributed by atoms with E-state index in [-0.39, 0.29) is 10.8 Å². The van der Waals surface area contributed by atoms with E-state index in [4.69, 9.17) is 5.26 Å². The number of anilines is 1. The number of carbonyl (C=O) groups excluding carboxylic acids is 1. The van der Waals surface area contributed by atoms with Crippen molar-refractivity contribution in [3.05, 3.63) is 59.7 Å². The average Bonchev–Trinajstić information content (AvgIpc) is 2.99. The fourth-order valence-corrected chi connectivity index (χ4v) is 4.86. The van der Waals surface area contributed by atoms with Gasteiger partial charge in [-0.15, -0.1) is 4.40 Å². The zero-order chi connectivity index (χ0) is 19.7. The van der Waals surface area contributed by atoms with Crippen LogP contribution in [0.25, 0.3) is 0 Å². The summed E-state index contributed by atoms with van der Waals surface area (Å²) in [6, 6.07) is 14.9. The van der Waals surface area contributed by atoms with Gasteiger partial charge < -0.3 is 10.2 Å². The molecule has 2 aromatic carbocycles. The van der Waals surface area contributed by atoms with Gasteiger partial charge >= 0.3 is 0 Å². The number of benzene rings is 2. The average molecular weight is 394 g/mol. The second kappa shape index (κ2) is 7.09. The quantitative estimate of drug-likeness (QED) is 0.843. The van der Waals surface area contributed by atoms with E-state index in [9.17, 15) is 13.2 Å². The van der Waals surface area contributed by atoms with Crippen molar-refractivity contribution in [2.24, 2.45) is 4.40 Å². The molecule has 2 aliphatic rings. The largest absolute Gasteiger partial charge is 0.343 e. The van der Waals surface area contributed by atoms with Gasteiger partial charge in [0.05, 0.1) is 11.6 Å². The first-order valence-corrected chi connectivity index (χ1v) is 10.5. The number of likely N-dealkylation sites (tertiary alicyclic amines) is 1. The molecule has 2 heterocycles. The van der Waals surface area contributed by atoms with Gasteiger partial charge in [0.25, 0.3) is 10.0 Å². The number of nitrogens with one attached hydrogen (secondary N) is 1. The topological polar surface area (TPSA) is 103 Å². The first kappa shape index (κ1) is 18.2. The van der Waals surface area contributed by atoms with Crippen LogP contribution in [0.4, 0.5) is 5.69 Å². The maximum absolute atomic E-state index is 13.0. The third-order valence-electron chi connectivity index (χ3n) is 4.95. The molecule has 4 rings (SSSR count). The van der Waals surface area contributed by atoms with Gasteiger partial charge in [0.1, 0.15) is 10.9 Å². The molecule has 142 valence electrons. The summed E-state index contributed by atoms with van der Waals surface area (Å²) in [5, 5.41) is 11.9. The van der Waals surface area contributed by atoms with Gasteiger partial charge in [0.2, 0.25) is 5.91 Å². The molecule has 1 amide bonds. The van der Waals surface area contributed by atoms with Crippen molar-refractivity contribution in [1.29, 1.82) is 5.26 Å². The molecule has 1 saturated heterocycles. The Morgan fingerprint density at radius 2 is 2.00 bits per heavy atom. The second-order valence-corrected chi connectivity index (χ2v) is 8.35. The molecule has 28 heavy (non-hydrogen) atoms. The van der Waals surface area contributed by atoms with E-state index in [1.807, 2.05) is 6.07 Å². The Kier molecular flexibility index (Phi) is 4.61. The molecule has 0 spiro atoms. The van der Waals surface area contributed by atoms with Gasteiger partial charge in [-0.05, 0) is 49.6 Å². The number of hydrogen-bond donors (Lipinski definition) is 1. The van der Waals surface area contributed by atoms with Crippen LogP contribution >= 0.6 is 0 Å². The third kappa shape index (κ3) is 3.25. The van der Waals surface area contributed by atoms with Crippen LogP contribution in [0.2, 0.25) is 0 Å². The minimum Gasteiger partial charge on any atom is -0.343 e. The monoisotopic (exact) mass is 394 g/mol. The van der Waals surface area contributed by atoms with Crippen LogP contribution in [0.5, 0.6) is 0 Å². The third-order valence-corrected chi connectivity index (χ3v) is 6.27. The minimum absolute atomic E-state index is 0.177. The molecule has 0 saturated carbocycles. The van der Waals surface area contributed by atoms with Crippen LogP contribution in [0.1, 0.15) is 30.4 Å². The molecule has 1 atom stereocenters. The zero-order valence-electron chi connectivity index (χ0n) is 15.0. The van der Waals surface area contributed by atoms with E-state index in [2.05, 4.69) is 9.71 Å². The lowest BCUT2D eigenvalue weighted by Crippen LogP contribution is -2.50. The SMILES string of the molecule is N#Cc1cccc(NC(=O)[C@H]2CCCCN2C2=NS(=O)(=O)c3ccccc32)c1. The van der Waals surface area contributed by atoms with E-state index >= 15 is 0 Å². The highest BCUT2D eigenvalue weighted by atomic mass is 32.2. The normalized spacial score (nSPS) is 20.0. The van der Waals surface area contributed by atoms with Crippen molar-refractivity contribution in [3.8, 4) is 6.07 Å². The predicted octanol–water partition coefficient (Wildman–Crippen LogP) is 2.50. The van der Waals surface area contributed by atoms with E-state index < -0.39 is 16.1 Å². The van der Waals surface area contributed by atoms with Crippen molar-refractivity contribution in [2.45, 2.75) is 30.2 Å². The van der Waals surface area contributed by atoms with Crippen molar-refractivity contribution >= 4 is 27.5 Å². The van der Waals surface area contributed by atoms with E-state index in [0.717, 1.165) is 12.8 Å². The Labute approximate surface area is 163 Å². The minimum atomic E-state index is -3.74. The van der Waals surface area contributed by atoms with Gasteiger partial charge in [-0.25, -0.2) is 0 Å². The maximum atomic E-state index is 13.0. The number of fused-ring (bicyclic) bond motifs is 1. The molecule has 8 heteroatoms. The summed E-state index contributed by atoms with van der Waals surface area (Å²) in [6.07, 6.45) is 2.33. The predicted molar refractivity (Wildman–Crippen MR) is 104 cm³/mol. The van der Waals surface area contributed by atoms with Crippen LogP contribution in [0, 0.1) is 11.3 Å². The lowest BCUT2D eigenvalue weighted by atomic mass is 9.99. The molecule has 0 aromatic heterocycles. The number of amides is 1. The van der Waals surface area contributed by atoms with E-state index in [1.165, 1.54) is 6.07 Å². The molecule has 0 radical (unpaired) electrons. The second-order valence-electron chi connectivity index (χ2n) is 6.77. The van der Waals surface area contributed by atoms with Crippen LogP contribution in [0.3, 0.4) is 0 Å². The summed E-state index contributed by atoms with van der Waals surface area (Å²) in [4.78, 5) is 14.9. The first-order chi connectivity index (χ1) is 13.5. The summed E-state index contributed by atoms with van der Waals surface area (Å²) < 4.78 is 28.8. The molecular formula is C20H18N4O3S. The number of nitrogens with zero attached hydrogens (tertiary/aromatic N) is 3. The summed E-state index contributed by atoms with van der Waals surface area (Å²) in [5.41, 5.74) is 1.53. The highest BCUT2D eigenvalue weighted by Crippen LogP contribution is 2.31. The van der Waals surface area contributed by atoms with Crippen LogP contribution < -0.4 is 5.32 Å². The van der Waals surface area contributed by atoms with Gasteiger partial charge in [-0.2, -0.15) is 13.7 Å². The van der Waals surface area contributed by atoms with Gasteiger partial charge in [0.15, 0.2) is 5.84 Å². The number of amidine groups is 1. The van der Waals surface area contributed by atoms with Crippen molar-refractivity contribution in [1.82, 2.24) is 4.90 Å². The van der Waals surface area contributed by atoms with Crippen LogP contribution in [-0.2, 0) is 14.8 Å². The summed E-state index contributed by atoms with van der Waals surface area (Å²) in [5.74, 6) is 0.0977. The number of piperidine rings is 1. The van der Waals surface area contributed by atoms with Crippen molar-refractivity contribution in [3.63, 3.8) is 0 Å². The zero-order valence-corrected chi connectivity index (χ0v) is 15.8. The van der Waals surface area contributed by atoms with Gasteiger partial charge in [-0.1, -0.05) is 18.2 Å². The summed E-state index contributed by atoms with van der Waals surface area (Å²) >= 11 is 0. The number of rotatable bonds is 2. The molecule has 7 nitrogen and oxygen atoms in total. The summed E-state index contributed by atoms with van der Waals surface area (Å²) in [7, 11) is -3.74. The molecule has 0 bridgehead atoms. The Morgan fingerprint density at radius 3 is 2.82 bits per heavy atom. The molecule has 2 aliphatic heterocycles. The molecule has 1 fully saturated rings. The lowest BCUT2D eigenvalue weighted by molar-refractivity contribution is -0.120. The number of sulfonamides is 1. The smallest absolute Gasteiger partial charge is 0.285 e. The molecule has 0 unspecified atom stereocenters. The number of carbonyl (C=O) groups is 1. The van der Waals surface area contributed by atoms with Gasteiger partial charge in [0, 0.05) is 17.8 Å². The number of hydrogen-bond acceptors (Lipinski definition) is 5. The van der Waals surface area contributed by atoms with E-state index in [0.29, 0.717) is 35.6 Å². The lowest BCUT2D eigenvalue weighted by Gasteiger charge is -2.36. The number of nitriles is 1. The summed E-state index contributed by atoms with van der Waals surface area (Å²) in [6.45, 7) is 0.555. The Balaban J connectivity index is 1.64. The highest BCUT2D eigenvalue weighted by Gasteiger charge is 2.37. The van der Waals surface area contributed by atoms with Crippen LogP contribution in [0.15, 0.2) is 57.8 Å². The highest BCUT2D eigenvalue weighted by molar-refractivity contribution is 7.90. The van der Waals surface area contributed by atoms with Gasteiger partial charge in [-0.3, -0.25) is 4.79 Å². The van der Waals surface area contributed by atoms with E-state index in [1.54, 1.807) is 47.4 Å². The molecule has 2 aromatic rings. The maximum Gasteiger partial charge on any atom is 0.285 e. The molecular weight excluding hydrogens is 376 g/mol. The van der Waals surface area contributed by atoms with Crippen LogP contribution in [-0.4, -0.2) is 37.6 Å². The van der Waals surface area contributed by atoms with Crippen molar-refractivity contribution in [2.75, 3.05) is 11.9 Å². The Morgan fingerprint density at radius 1 is 1.18 bits per heavy atom. The molecule has 1 N–H and O–H groups in total. The fraction of sp³-hybridized carbons (Fsp3) is 0.250. The fourth-order valence-electron chi connectivity index (χ4n) is 3.65. The first-order valence-electron chi connectivity index (χ1n) is 9.02. The Bertz CT molecular complexity index is 1120. The standard InChI is InChI=1S/C20H18N4O3S/c21-13-14-6-5-7-15(12-14)22-20(25)17-9-3-4-11-24(17)19-16-8-1-2-10-18(16)28(26,27)23-19/h1-2,5-8,10,12,17H,3-4,9,11H2,(H,22,25)/t17-/m1/s1.